The van der Waals surface area contributed by atoms with Crippen LogP contribution in [0.4, 0.5) is 0 Å². The highest BCUT2D eigenvalue weighted by molar-refractivity contribution is 5.98. The highest BCUT2D eigenvalue weighted by Crippen LogP contribution is 2.40. The van der Waals surface area contributed by atoms with E-state index in [2.05, 4.69) is 19.5 Å². The summed E-state index contributed by atoms with van der Waals surface area (Å²) in [5, 5.41) is 8.30. The molecule has 0 spiro atoms. The molecule has 0 saturated carbocycles. The van der Waals surface area contributed by atoms with Crippen molar-refractivity contribution in [3.63, 3.8) is 0 Å². The van der Waals surface area contributed by atoms with E-state index in [1.165, 1.54) is 0 Å². The molecule has 11 nitrogen and oxygen atoms in total. The van der Waals surface area contributed by atoms with Crippen LogP contribution in [-0.4, -0.2) is 48.9 Å². The Bertz CT molecular complexity index is 1590. The van der Waals surface area contributed by atoms with Crippen molar-refractivity contribution in [3.05, 3.63) is 47.1 Å². The molecule has 1 aliphatic rings. The average Bonchev–Trinajstić information content (AvgIpc) is 3.52. The molecule has 34 heavy (non-hydrogen) atoms. The lowest BCUT2D eigenvalue weighted by Gasteiger charge is -2.04. The Kier molecular flexibility index (Phi) is 5.38. The van der Waals surface area contributed by atoms with Gasteiger partial charge in [0.05, 0.1) is 33.9 Å². The number of carbonyl (C=O) groups is 1. The number of nitrogens with one attached hydrogen (secondary N) is 2. The topological polar surface area (TPSA) is 161 Å². The van der Waals surface area contributed by atoms with Crippen molar-refractivity contribution in [1.29, 1.82) is 0 Å². The Balaban J connectivity index is 0.000000560. The van der Waals surface area contributed by atoms with Crippen molar-refractivity contribution in [1.82, 2.24) is 24.5 Å². The van der Waals surface area contributed by atoms with Gasteiger partial charge >= 0.3 is 0 Å². The van der Waals surface area contributed by atoms with Crippen molar-refractivity contribution in [2.45, 2.75) is 19.9 Å². The molecule has 5 aromatic rings. The van der Waals surface area contributed by atoms with E-state index >= 15 is 0 Å². The monoisotopic (exact) mass is 462 g/mol. The van der Waals surface area contributed by atoms with Gasteiger partial charge in [0.1, 0.15) is 5.69 Å². The van der Waals surface area contributed by atoms with Crippen LogP contribution in [0, 0.1) is 0 Å². The largest absolute Gasteiger partial charge is 0.481 e. The van der Waals surface area contributed by atoms with E-state index in [9.17, 15) is 4.79 Å². The van der Waals surface area contributed by atoms with Gasteiger partial charge in [-0.2, -0.15) is 0 Å². The van der Waals surface area contributed by atoms with Gasteiger partial charge in [0.25, 0.3) is 11.5 Å². The summed E-state index contributed by atoms with van der Waals surface area (Å²) in [6.45, 7) is 2.58. The standard InChI is InChI=1S/C21H18N6O3.C2H4O2/c22-2-1-3-27-8-12(11-4-18-19(7-17(11)27)30-10-29-18)20-21(28)26-16-6-14-13(23-9-24-14)5-15(16)25-20;1-2(3)4/h4-9H,1-3,10,22H2,(H,23,24)(H,26,28);1H3,(H,3,4). The lowest BCUT2D eigenvalue weighted by molar-refractivity contribution is -0.134. The van der Waals surface area contributed by atoms with Gasteiger partial charge in [0, 0.05) is 36.7 Å². The van der Waals surface area contributed by atoms with Gasteiger partial charge in [-0.25, -0.2) is 9.97 Å². The molecule has 0 atom stereocenters. The van der Waals surface area contributed by atoms with E-state index in [1.807, 2.05) is 30.5 Å². The Morgan fingerprint density at radius 3 is 2.68 bits per heavy atom. The first kappa shape index (κ1) is 21.5. The number of aromatic nitrogens is 5. The van der Waals surface area contributed by atoms with Crippen LogP contribution in [0.1, 0.15) is 13.3 Å². The van der Waals surface area contributed by atoms with Crippen molar-refractivity contribution >= 4 is 38.9 Å². The third-order valence-electron chi connectivity index (χ3n) is 5.47. The minimum Gasteiger partial charge on any atom is -0.481 e. The maximum absolute atomic E-state index is 13.0. The lowest BCUT2D eigenvalue weighted by atomic mass is 10.1. The van der Waals surface area contributed by atoms with Gasteiger partial charge in [-0.3, -0.25) is 9.59 Å². The van der Waals surface area contributed by atoms with E-state index in [4.69, 9.17) is 30.1 Å². The van der Waals surface area contributed by atoms with Gasteiger partial charge in [0.15, 0.2) is 11.5 Å². The molecular weight excluding hydrogens is 440 g/mol. The summed E-state index contributed by atoms with van der Waals surface area (Å²) in [6.07, 6.45) is 4.39. The van der Waals surface area contributed by atoms with Crippen molar-refractivity contribution < 1.29 is 19.4 Å². The Morgan fingerprint density at radius 1 is 1.18 bits per heavy atom. The molecule has 0 fully saturated rings. The Labute approximate surface area is 192 Å². The number of fused-ring (bicyclic) bond motifs is 4. The number of H-pyrrole nitrogens is 2. The molecule has 0 unspecified atom stereocenters. The minimum atomic E-state index is -0.833. The van der Waals surface area contributed by atoms with E-state index in [0.29, 0.717) is 34.8 Å². The molecular formula is C23H22N6O5. The summed E-state index contributed by atoms with van der Waals surface area (Å²) in [6, 6.07) is 7.57. The van der Waals surface area contributed by atoms with Gasteiger partial charge in [0.2, 0.25) is 6.79 Å². The van der Waals surface area contributed by atoms with Crippen LogP contribution in [0.15, 0.2) is 41.6 Å². The summed E-state index contributed by atoms with van der Waals surface area (Å²) < 4.78 is 13.2. The van der Waals surface area contributed by atoms with Gasteiger partial charge in [-0.05, 0) is 31.2 Å². The number of nitrogens with zero attached hydrogens (tertiary/aromatic N) is 3. The van der Waals surface area contributed by atoms with Crippen LogP contribution in [-0.2, 0) is 11.3 Å². The number of imidazole rings is 1. The fourth-order valence-electron chi connectivity index (χ4n) is 4.01. The number of carboxylic acid groups (broad SMARTS) is 1. The first-order valence-corrected chi connectivity index (χ1v) is 10.6. The molecule has 2 aromatic carbocycles. The van der Waals surface area contributed by atoms with Gasteiger partial charge < -0.3 is 34.8 Å². The zero-order chi connectivity index (χ0) is 23.8. The normalized spacial score (nSPS) is 12.3. The third kappa shape index (κ3) is 3.82. The number of hydrogen-bond donors (Lipinski definition) is 4. The molecule has 0 aliphatic carbocycles. The quantitative estimate of drug-likeness (QED) is 0.317. The van der Waals surface area contributed by atoms with Crippen LogP contribution in [0.3, 0.4) is 0 Å². The number of hydrogen-bond acceptors (Lipinski definition) is 7. The van der Waals surface area contributed by atoms with Crippen LogP contribution < -0.4 is 20.8 Å². The van der Waals surface area contributed by atoms with Crippen LogP contribution >= 0.6 is 0 Å². The Hall–Kier alpha value is -4.38. The summed E-state index contributed by atoms with van der Waals surface area (Å²) in [5.74, 6) is 0.528. The van der Waals surface area contributed by atoms with Crippen molar-refractivity contribution in [3.8, 4) is 22.8 Å². The van der Waals surface area contributed by atoms with Crippen LogP contribution in [0.5, 0.6) is 11.5 Å². The zero-order valence-electron chi connectivity index (χ0n) is 18.3. The average molecular weight is 462 g/mol. The second-order valence-corrected chi connectivity index (χ2v) is 7.82. The van der Waals surface area contributed by atoms with Crippen molar-refractivity contribution in [2.24, 2.45) is 5.73 Å². The number of aromatic amines is 2. The predicted molar refractivity (Wildman–Crippen MR) is 126 cm³/mol. The molecule has 0 radical (unpaired) electrons. The zero-order valence-corrected chi connectivity index (χ0v) is 18.3. The van der Waals surface area contributed by atoms with Crippen molar-refractivity contribution in [2.75, 3.05) is 13.3 Å². The first-order valence-electron chi connectivity index (χ1n) is 10.6. The summed E-state index contributed by atoms with van der Waals surface area (Å²) in [7, 11) is 0. The van der Waals surface area contributed by atoms with Gasteiger partial charge in [-0.1, -0.05) is 0 Å². The molecule has 1 aliphatic heterocycles. The number of aliphatic carboxylic acids is 1. The Morgan fingerprint density at radius 2 is 1.91 bits per heavy atom. The van der Waals surface area contributed by atoms with Crippen LogP contribution in [0.2, 0.25) is 0 Å². The summed E-state index contributed by atoms with van der Waals surface area (Å²) >= 11 is 0. The summed E-state index contributed by atoms with van der Waals surface area (Å²) in [4.78, 5) is 37.0. The second-order valence-electron chi connectivity index (χ2n) is 7.82. The fraction of sp³-hybridized carbons (Fsp3) is 0.217. The van der Waals surface area contributed by atoms with E-state index in [0.717, 1.165) is 47.4 Å². The third-order valence-corrected chi connectivity index (χ3v) is 5.47. The lowest BCUT2D eigenvalue weighted by Crippen LogP contribution is -2.11. The predicted octanol–water partition coefficient (Wildman–Crippen LogP) is 2.59. The van der Waals surface area contributed by atoms with E-state index in [-0.39, 0.29) is 12.4 Å². The van der Waals surface area contributed by atoms with E-state index in [1.54, 1.807) is 6.33 Å². The number of aryl methyl sites for hydroxylation is 1. The SMILES string of the molecule is CC(=O)O.NCCCn1cc(-c2nc3cc4[nH]cnc4cc3[nH]c2=O)c2cc3c(cc21)OCO3. The van der Waals surface area contributed by atoms with E-state index < -0.39 is 5.97 Å². The molecule has 3 aromatic heterocycles. The second kappa shape index (κ2) is 8.52. The first-order chi connectivity index (χ1) is 16.4. The highest BCUT2D eigenvalue weighted by Gasteiger charge is 2.21. The minimum absolute atomic E-state index is 0.190. The highest BCUT2D eigenvalue weighted by atomic mass is 16.7. The van der Waals surface area contributed by atoms with Gasteiger partial charge in [-0.15, -0.1) is 0 Å². The summed E-state index contributed by atoms with van der Waals surface area (Å²) in [5.41, 5.74) is 10.5. The molecule has 11 heteroatoms. The fourth-order valence-corrected chi connectivity index (χ4v) is 4.01. The number of benzene rings is 2. The smallest absolute Gasteiger partial charge is 0.300 e. The molecule has 4 heterocycles. The molecule has 5 N–H and O–H groups in total. The van der Waals surface area contributed by atoms with Crippen LogP contribution in [0.25, 0.3) is 44.2 Å². The molecule has 0 bridgehead atoms. The molecule has 0 amide bonds. The number of rotatable bonds is 4. The molecule has 174 valence electrons. The molecule has 0 saturated heterocycles. The number of carboxylic acids is 1. The maximum Gasteiger partial charge on any atom is 0.300 e. The maximum atomic E-state index is 13.0. The molecule has 6 rings (SSSR count). The number of nitrogens with two attached hydrogens (primary N) is 1. The number of ether oxygens (including phenoxy) is 2.